The Morgan fingerprint density at radius 2 is 2.44 bits per heavy atom. The van der Waals surface area contributed by atoms with Crippen molar-refractivity contribution in [2.45, 2.75) is 32.1 Å². The SMILES string of the molecule is CCc1cccnc1CNC1=NCC(C)S1. The number of amidine groups is 1. The number of nitrogens with one attached hydrogen (secondary N) is 1. The Balaban J connectivity index is 1.94. The molecular weight excluding hydrogens is 218 g/mol. The summed E-state index contributed by atoms with van der Waals surface area (Å²) in [5.41, 5.74) is 2.44. The number of aryl methyl sites for hydroxylation is 1. The van der Waals surface area contributed by atoms with Gasteiger partial charge in [-0.3, -0.25) is 9.98 Å². The lowest BCUT2D eigenvalue weighted by Gasteiger charge is -2.08. The minimum absolute atomic E-state index is 0.608. The second kappa shape index (κ2) is 5.34. The van der Waals surface area contributed by atoms with Crippen LogP contribution in [-0.4, -0.2) is 21.9 Å². The van der Waals surface area contributed by atoms with Gasteiger partial charge in [0.1, 0.15) is 0 Å². The standard InChI is InChI=1S/C12H17N3S/c1-3-10-5-4-6-13-11(10)8-15-12-14-7-9(2)16-12/h4-6,9H,3,7-8H2,1-2H3,(H,14,15). The van der Waals surface area contributed by atoms with E-state index in [9.17, 15) is 0 Å². The molecule has 0 saturated heterocycles. The van der Waals surface area contributed by atoms with E-state index in [1.165, 1.54) is 5.56 Å². The maximum atomic E-state index is 4.43. The van der Waals surface area contributed by atoms with Crippen molar-refractivity contribution in [3.8, 4) is 0 Å². The van der Waals surface area contributed by atoms with Crippen molar-refractivity contribution in [3.05, 3.63) is 29.6 Å². The van der Waals surface area contributed by atoms with Crippen molar-refractivity contribution in [1.29, 1.82) is 0 Å². The lowest BCUT2D eigenvalue weighted by molar-refractivity contribution is 0.852. The fraction of sp³-hybridized carbons (Fsp3) is 0.500. The summed E-state index contributed by atoms with van der Waals surface area (Å²) >= 11 is 1.81. The number of nitrogens with zero attached hydrogens (tertiary/aromatic N) is 2. The highest BCUT2D eigenvalue weighted by Gasteiger charge is 2.14. The van der Waals surface area contributed by atoms with Gasteiger partial charge in [-0.15, -0.1) is 0 Å². The Bertz CT molecular complexity index is 390. The molecule has 2 rings (SSSR count). The molecule has 1 aliphatic rings. The number of pyridine rings is 1. The smallest absolute Gasteiger partial charge is 0.157 e. The lowest BCUT2D eigenvalue weighted by atomic mass is 10.1. The van der Waals surface area contributed by atoms with Crippen LogP contribution in [0.4, 0.5) is 0 Å². The molecule has 0 aromatic carbocycles. The molecule has 0 radical (unpaired) electrons. The van der Waals surface area contributed by atoms with E-state index in [4.69, 9.17) is 0 Å². The van der Waals surface area contributed by atoms with Crippen molar-refractivity contribution in [1.82, 2.24) is 10.3 Å². The molecule has 0 fully saturated rings. The molecule has 2 heterocycles. The van der Waals surface area contributed by atoms with Crippen LogP contribution in [0.25, 0.3) is 0 Å². The zero-order chi connectivity index (χ0) is 11.4. The van der Waals surface area contributed by atoms with Gasteiger partial charge in [-0.1, -0.05) is 31.7 Å². The third-order valence-corrected chi connectivity index (χ3v) is 3.63. The Kier molecular flexibility index (Phi) is 3.83. The fourth-order valence-corrected chi connectivity index (χ4v) is 2.52. The highest BCUT2D eigenvalue weighted by molar-refractivity contribution is 8.14. The van der Waals surface area contributed by atoms with Crippen LogP contribution in [0.2, 0.25) is 0 Å². The van der Waals surface area contributed by atoms with Gasteiger partial charge in [-0.05, 0) is 18.1 Å². The molecule has 0 saturated carbocycles. The molecule has 86 valence electrons. The Morgan fingerprint density at radius 1 is 1.56 bits per heavy atom. The molecule has 1 aromatic rings. The number of rotatable bonds is 3. The topological polar surface area (TPSA) is 37.3 Å². The van der Waals surface area contributed by atoms with Gasteiger partial charge in [-0.25, -0.2) is 0 Å². The van der Waals surface area contributed by atoms with E-state index in [-0.39, 0.29) is 0 Å². The first-order valence-electron chi connectivity index (χ1n) is 5.67. The summed E-state index contributed by atoms with van der Waals surface area (Å²) < 4.78 is 0. The average molecular weight is 235 g/mol. The molecule has 0 amide bonds. The van der Waals surface area contributed by atoms with Crippen molar-refractivity contribution in [2.24, 2.45) is 4.99 Å². The van der Waals surface area contributed by atoms with Crippen molar-refractivity contribution in [2.75, 3.05) is 6.54 Å². The predicted octanol–water partition coefficient (Wildman–Crippen LogP) is 2.22. The molecular formula is C12H17N3S. The van der Waals surface area contributed by atoms with E-state index in [1.54, 1.807) is 0 Å². The van der Waals surface area contributed by atoms with Crippen LogP contribution in [0.5, 0.6) is 0 Å². The minimum atomic E-state index is 0.608. The highest BCUT2D eigenvalue weighted by Crippen LogP contribution is 2.18. The zero-order valence-electron chi connectivity index (χ0n) is 9.73. The summed E-state index contributed by atoms with van der Waals surface area (Å²) in [5, 5.41) is 5.02. The number of thioether (sulfide) groups is 1. The van der Waals surface area contributed by atoms with Crippen LogP contribution in [-0.2, 0) is 13.0 Å². The monoisotopic (exact) mass is 235 g/mol. The molecule has 1 N–H and O–H groups in total. The number of aromatic nitrogens is 1. The van der Waals surface area contributed by atoms with Crippen LogP contribution in [0.1, 0.15) is 25.1 Å². The molecule has 1 atom stereocenters. The first-order valence-corrected chi connectivity index (χ1v) is 6.55. The van der Waals surface area contributed by atoms with Crippen molar-refractivity contribution < 1.29 is 0 Å². The molecule has 0 aliphatic carbocycles. The molecule has 0 bridgehead atoms. The molecule has 16 heavy (non-hydrogen) atoms. The van der Waals surface area contributed by atoms with E-state index in [0.717, 1.165) is 30.4 Å². The quantitative estimate of drug-likeness (QED) is 0.873. The first-order chi connectivity index (χ1) is 7.79. The minimum Gasteiger partial charge on any atom is -0.359 e. The van der Waals surface area contributed by atoms with E-state index in [2.05, 4.69) is 35.2 Å². The lowest BCUT2D eigenvalue weighted by Crippen LogP contribution is -2.20. The highest BCUT2D eigenvalue weighted by atomic mass is 32.2. The third kappa shape index (κ3) is 2.76. The first kappa shape index (κ1) is 11.5. The van der Waals surface area contributed by atoms with Crippen LogP contribution in [0.3, 0.4) is 0 Å². The molecule has 4 heteroatoms. The van der Waals surface area contributed by atoms with Crippen molar-refractivity contribution in [3.63, 3.8) is 0 Å². The summed E-state index contributed by atoms with van der Waals surface area (Å²) in [6.07, 6.45) is 2.88. The maximum Gasteiger partial charge on any atom is 0.157 e. The number of hydrogen-bond acceptors (Lipinski definition) is 4. The Morgan fingerprint density at radius 3 is 3.12 bits per heavy atom. The summed E-state index contributed by atoms with van der Waals surface area (Å²) in [6, 6.07) is 4.13. The van der Waals surface area contributed by atoms with Crippen molar-refractivity contribution >= 4 is 16.9 Å². The average Bonchev–Trinajstić information content (AvgIpc) is 2.73. The van der Waals surface area contributed by atoms with Gasteiger partial charge in [0.15, 0.2) is 5.17 Å². The second-order valence-electron chi connectivity index (χ2n) is 3.89. The van der Waals surface area contributed by atoms with Crippen LogP contribution >= 0.6 is 11.8 Å². The molecule has 1 aromatic heterocycles. The summed E-state index contributed by atoms with van der Waals surface area (Å²) in [7, 11) is 0. The molecule has 3 nitrogen and oxygen atoms in total. The van der Waals surface area contributed by atoms with Crippen LogP contribution < -0.4 is 5.32 Å². The zero-order valence-corrected chi connectivity index (χ0v) is 10.5. The summed E-state index contributed by atoms with van der Waals surface area (Å²) in [6.45, 7) is 6.06. The molecule has 1 aliphatic heterocycles. The van der Waals surface area contributed by atoms with E-state index in [0.29, 0.717) is 5.25 Å². The van der Waals surface area contributed by atoms with Crippen LogP contribution in [0, 0.1) is 0 Å². The molecule has 0 spiro atoms. The van der Waals surface area contributed by atoms with Gasteiger partial charge in [0, 0.05) is 11.4 Å². The second-order valence-corrected chi connectivity index (χ2v) is 5.32. The summed E-state index contributed by atoms with van der Waals surface area (Å²) in [5.74, 6) is 0. The Labute approximate surface area is 101 Å². The summed E-state index contributed by atoms with van der Waals surface area (Å²) in [4.78, 5) is 8.83. The molecule has 1 unspecified atom stereocenters. The van der Waals surface area contributed by atoms with Gasteiger partial charge in [-0.2, -0.15) is 0 Å². The maximum absolute atomic E-state index is 4.43. The number of aliphatic imine (C=N–C) groups is 1. The third-order valence-electron chi connectivity index (χ3n) is 2.58. The van der Waals surface area contributed by atoms with E-state index < -0.39 is 0 Å². The van der Waals surface area contributed by atoms with Gasteiger partial charge >= 0.3 is 0 Å². The van der Waals surface area contributed by atoms with Gasteiger partial charge in [0.25, 0.3) is 0 Å². The predicted molar refractivity (Wildman–Crippen MR) is 69.8 cm³/mol. The van der Waals surface area contributed by atoms with Gasteiger partial charge in [0.05, 0.1) is 18.8 Å². The Hall–Kier alpha value is -1.03. The fourth-order valence-electron chi connectivity index (χ4n) is 1.69. The number of hydrogen-bond donors (Lipinski definition) is 1. The van der Waals surface area contributed by atoms with E-state index >= 15 is 0 Å². The van der Waals surface area contributed by atoms with Gasteiger partial charge < -0.3 is 5.32 Å². The van der Waals surface area contributed by atoms with Crippen LogP contribution in [0.15, 0.2) is 23.3 Å². The normalized spacial score (nSPS) is 19.6. The van der Waals surface area contributed by atoms with E-state index in [1.807, 2.05) is 24.0 Å². The van der Waals surface area contributed by atoms with Gasteiger partial charge in [0.2, 0.25) is 0 Å². The largest absolute Gasteiger partial charge is 0.359 e.